The van der Waals surface area contributed by atoms with Crippen LogP contribution in [-0.4, -0.2) is 51.7 Å². The molecule has 1 aromatic rings. The Bertz CT molecular complexity index is 645. The molecule has 1 heterocycles. The number of guanidine groups is 1. The van der Waals surface area contributed by atoms with Gasteiger partial charge >= 0.3 is 6.03 Å². The number of hydrogen-bond donors (Lipinski definition) is 7. The highest BCUT2D eigenvalue weighted by Gasteiger charge is 2.40. The van der Waals surface area contributed by atoms with Crippen molar-refractivity contribution in [1.82, 2.24) is 15.6 Å². The van der Waals surface area contributed by atoms with Gasteiger partial charge in [0, 0.05) is 18.1 Å². The molecule has 1 rings (SSSR count). The minimum Gasteiger partial charge on any atom is -0.370 e. The summed E-state index contributed by atoms with van der Waals surface area (Å²) >= 11 is 1.04. The van der Waals surface area contributed by atoms with Crippen molar-refractivity contribution in [2.45, 2.75) is 44.6 Å². The first-order valence-electron chi connectivity index (χ1n) is 8.32. The number of aliphatic imine (C=N–C) groups is 1. The molecule has 10 N–H and O–H groups in total. The smallest absolute Gasteiger partial charge is 0.312 e. The Morgan fingerprint density at radius 1 is 1.30 bits per heavy atom. The van der Waals surface area contributed by atoms with Gasteiger partial charge < -0.3 is 38.0 Å². The summed E-state index contributed by atoms with van der Waals surface area (Å²) in [5.74, 6) is -3.36. The second kappa shape index (κ2) is 10.0. The van der Waals surface area contributed by atoms with Gasteiger partial charge in [-0.3, -0.25) is 9.79 Å². The van der Waals surface area contributed by atoms with Gasteiger partial charge in [-0.2, -0.15) is 0 Å². The Morgan fingerprint density at radius 3 is 2.44 bits per heavy atom. The first-order valence-corrected chi connectivity index (χ1v) is 9.20. The predicted molar refractivity (Wildman–Crippen MR) is 101 cm³/mol. The number of amides is 3. The third-order valence-corrected chi connectivity index (χ3v) is 4.63. The van der Waals surface area contributed by atoms with E-state index in [1.165, 1.54) is 6.20 Å². The van der Waals surface area contributed by atoms with Crippen molar-refractivity contribution in [2.75, 3.05) is 6.54 Å². The first-order chi connectivity index (χ1) is 12.6. The highest BCUT2D eigenvalue weighted by atomic mass is 32.1. The molecule has 1 aromatic heterocycles. The van der Waals surface area contributed by atoms with E-state index in [4.69, 9.17) is 17.2 Å². The normalized spacial score (nSPS) is 13.7. The number of carbonyl (C=O) groups is 2. The first kappa shape index (κ1) is 22.6. The Morgan fingerprint density at radius 2 is 1.96 bits per heavy atom. The maximum absolute atomic E-state index is 12.6. The number of carbonyl (C=O) groups excluding carboxylic acids is 2. The highest BCUT2D eigenvalue weighted by molar-refractivity contribution is 7.09. The fourth-order valence-corrected chi connectivity index (χ4v) is 3.07. The van der Waals surface area contributed by atoms with Gasteiger partial charge in [-0.25, -0.2) is 9.78 Å². The lowest BCUT2D eigenvalue weighted by Gasteiger charge is -2.32. The van der Waals surface area contributed by atoms with Gasteiger partial charge in [-0.05, 0) is 18.8 Å². The molecule has 152 valence electrons. The van der Waals surface area contributed by atoms with E-state index in [1.807, 2.05) is 0 Å². The van der Waals surface area contributed by atoms with Crippen molar-refractivity contribution in [1.29, 1.82) is 0 Å². The average Bonchev–Trinajstić information content (AvgIpc) is 3.09. The summed E-state index contributed by atoms with van der Waals surface area (Å²) in [6.07, 6.45) is 1.94. The quantitative estimate of drug-likeness (QED) is 0.107. The molecule has 0 saturated heterocycles. The summed E-state index contributed by atoms with van der Waals surface area (Å²) in [5.41, 5.74) is 15.7. The van der Waals surface area contributed by atoms with Crippen molar-refractivity contribution < 1.29 is 19.8 Å². The van der Waals surface area contributed by atoms with Crippen LogP contribution >= 0.6 is 11.3 Å². The van der Waals surface area contributed by atoms with E-state index in [1.54, 1.807) is 19.2 Å². The van der Waals surface area contributed by atoms with Crippen LogP contribution in [-0.2, 0) is 10.6 Å². The molecular weight excluding hydrogens is 374 g/mol. The third kappa shape index (κ3) is 7.00. The van der Waals surface area contributed by atoms with Gasteiger partial charge in [0.25, 0.3) is 0 Å². The molecule has 0 aliphatic heterocycles. The Labute approximate surface area is 161 Å². The number of primary amides is 1. The van der Waals surface area contributed by atoms with Crippen molar-refractivity contribution >= 4 is 29.2 Å². The third-order valence-electron chi connectivity index (χ3n) is 3.74. The number of nitrogens with one attached hydrogen (secondary N) is 2. The summed E-state index contributed by atoms with van der Waals surface area (Å²) in [5, 5.41) is 27.7. The number of nitrogens with zero attached hydrogens (tertiary/aromatic N) is 2. The molecule has 12 heteroatoms. The summed E-state index contributed by atoms with van der Waals surface area (Å²) in [6, 6.07) is -2.90. The van der Waals surface area contributed by atoms with Crippen LogP contribution in [0.4, 0.5) is 4.79 Å². The van der Waals surface area contributed by atoms with Gasteiger partial charge in [0.15, 0.2) is 11.0 Å². The lowest BCUT2D eigenvalue weighted by molar-refractivity contribution is -0.196. The molecule has 27 heavy (non-hydrogen) atoms. The fourth-order valence-electron chi connectivity index (χ4n) is 2.38. The second-order valence-electron chi connectivity index (χ2n) is 6.30. The minimum absolute atomic E-state index is 0.0265. The van der Waals surface area contributed by atoms with E-state index < -0.39 is 29.8 Å². The summed E-state index contributed by atoms with van der Waals surface area (Å²) in [4.78, 5) is 31.5. The number of urea groups is 1. The molecule has 0 aromatic carbocycles. The van der Waals surface area contributed by atoms with Crippen LogP contribution < -0.4 is 27.8 Å². The van der Waals surface area contributed by atoms with Crippen molar-refractivity contribution in [3.8, 4) is 0 Å². The number of hydrogen-bond acceptors (Lipinski definition) is 7. The van der Waals surface area contributed by atoms with Gasteiger partial charge in [0.05, 0.1) is 6.04 Å². The zero-order chi connectivity index (χ0) is 20.6. The second-order valence-corrected chi connectivity index (χ2v) is 7.20. The van der Waals surface area contributed by atoms with Crippen LogP contribution in [0.25, 0.3) is 0 Å². The minimum atomic E-state index is -2.41. The molecular formula is C15H27N7O4S. The molecule has 0 fully saturated rings. The topological polar surface area (TPSA) is 202 Å². The zero-order valence-electron chi connectivity index (χ0n) is 15.3. The number of thiazole rings is 1. The van der Waals surface area contributed by atoms with E-state index in [-0.39, 0.29) is 29.9 Å². The number of rotatable bonds is 10. The van der Waals surface area contributed by atoms with Gasteiger partial charge in [0.1, 0.15) is 6.04 Å². The monoisotopic (exact) mass is 401 g/mol. The van der Waals surface area contributed by atoms with Crippen LogP contribution in [0, 0.1) is 5.92 Å². The maximum Gasteiger partial charge on any atom is 0.312 e. The number of nitrogens with two attached hydrogens (primary N) is 3. The average molecular weight is 401 g/mol. The lowest BCUT2D eigenvalue weighted by atomic mass is 9.99. The predicted octanol–water partition coefficient (Wildman–Crippen LogP) is -1.49. The molecule has 3 amide bonds. The van der Waals surface area contributed by atoms with Crippen LogP contribution in [0.15, 0.2) is 16.6 Å². The SMILES string of the molecule is CC(C)[C@H](NC(N)=O)C(=O)N[C@@H](CCCN=C(N)N)C(O)(O)c1nccs1. The van der Waals surface area contributed by atoms with Gasteiger partial charge in [0.2, 0.25) is 11.7 Å². The standard InChI is InChI=1S/C15H27N7O4S/c1-8(2)10(22-14(18)24)11(23)21-9(4-3-5-20-13(16)17)15(25,26)12-19-6-7-27-12/h6-10,25-26H,3-5H2,1-2H3,(H,21,23)(H4,16,17,20)(H3,18,22,24)/t9-,10-/m0/s1. The Hall–Kier alpha value is -2.44. The van der Waals surface area contributed by atoms with Gasteiger partial charge in [-0.15, -0.1) is 11.3 Å². The maximum atomic E-state index is 12.6. The van der Waals surface area contributed by atoms with E-state index >= 15 is 0 Å². The van der Waals surface area contributed by atoms with Crippen molar-refractivity contribution in [3.05, 3.63) is 16.6 Å². The van der Waals surface area contributed by atoms with E-state index in [2.05, 4.69) is 20.6 Å². The summed E-state index contributed by atoms with van der Waals surface area (Å²) in [7, 11) is 0. The molecule has 2 atom stereocenters. The van der Waals surface area contributed by atoms with Gasteiger partial charge in [-0.1, -0.05) is 13.8 Å². The van der Waals surface area contributed by atoms with E-state index in [0.717, 1.165) is 11.3 Å². The summed E-state index contributed by atoms with van der Waals surface area (Å²) in [6.45, 7) is 3.69. The molecule has 11 nitrogen and oxygen atoms in total. The van der Waals surface area contributed by atoms with Crippen LogP contribution in [0.3, 0.4) is 0 Å². The molecule has 0 spiro atoms. The van der Waals surface area contributed by atoms with Crippen LogP contribution in [0.2, 0.25) is 0 Å². The lowest BCUT2D eigenvalue weighted by Crippen LogP contribution is -2.58. The molecule has 0 unspecified atom stereocenters. The van der Waals surface area contributed by atoms with Crippen LogP contribution in [0.1, 0.15) is 31.7 Å². The molecule has 0 bridgehead atoms. The molecule has 0 radical (unpaired) electrons. The number of aromatic nitrogens is 1. The summed E-state index contributed by atoms with van der Waals surface area (Å²) < 4.78 is 0. The number of aliphatic hydroxyl groups is 2. The molecule has 0 aliphatic carbocycles. The zero-order valence-corrected chi connectivity index (χ0v) is 16.1. The Kier molecular flexibility index (Phi) is 8.40. The Balaban J connectivity index is 2.97. The van der Waals surface area contributed by atoms with Crippen molar-refractivity contribution in [3.63, 3.8) is 0 Å². The fraction of sp³-hybridized carbons (Fsp3) is 0.600. The highest BCUT2D eigenvalue weighted by Crippen LogP contribution is 2.27. The van der Waals surface area contributed by atoms with Crippen LogP contribution in [0.5, 0.6) is 0 Å². The van der Waals surface area contributed by atoms with E-state index in [0.29, 0.717) is 6.42 Å². The van der Waals surface area contributed by atoms with E-state index in [9.17, 15) is 19.8 Å². The molecule has 0 aliphatic rings. The molecule has 0 saturated carbocycles. The largest absolute Gasteiger partial charge is 0.370 e. The van der Waals surface area contributed by atoms with Crippen molar-refractivity contribution in [2.24, 2.45) is 28.1 Å².